The number of aromatic nitrogens is 2. The zero-order chi connectivity index (χ0) is 16.7. The normalized spacial score (nSPS) is 10.5. The lowest BCUT2D eigenvalue weighted by atomic mass is 10.2. The molecule has 0 aliphatic rings. The van der Waals surface area contributed by atoms with Crippen LogP contribution in [-0.2, 0) is 9.59 Å². The van der Waals surface area contributed by atoms with Crippen molar-refractivity contribution in [1.82, 2.24) is 14.9 Å². The third kappa shape index (κ3) is 5.35. The van der Waals surface area contributed by atoms with Gasteiger partial charge in [0.05, 0.1) is 6.54 Å². The van der Waals surface area contributed by atoms with Crippen LogP contribution in [0.2, 0.25) is 0 Å². The van der Waals surface area contributed by atoms with Gasteiger partial charge in [-0.3, -0.25) is 14.6 Å². The fourth-order valence-electron chi connectivity index (χ4n) is 1.85. The molecule has 6 heteroatoms. The molecule has 2 aromatic rings. The molecule has 2 aromatic heterocycles. The Morgan fingerprint density at radius 1 is 1.30 bits per heavy atom. The first kappa shape index (κ1) is 16.4. The molecule has 2 rings (SSSR count). The van der Waals surface area contributed by atoms with Gasteiger partial charge in [0, 0.05) is 31.7 Å². The van der Waals surface area contributed by atoms with Crippen molar-refractivity contribution >= 4 is 23.7 Å². The number of pyridine rings is 2. The first-order valence-electron chi connectivity index (χ1n) is 7.10. The highest BCUT2D eigenvalue weighted by Gasteiger charge is 2.11. The Balaban J connectivity index is 1.88. The van der Waals surface area contributed by atoms with Crippen molar-refractivity contribution in [2.45, 2.75) is 6.92 Å². The topological polar surface area (TPSA) is 75.2 Å². The zero-order valence-electron chi connectivity index (χ0n) is 13.1. The third-order valence-corrected chi connectivity index (χ3v) is 3.04. The van der Waals surface area contributed by atoms with E-state index in [4.69, 9.17) is 0 Å². The highest BCUT2D eigenvalue weighted by molar-refractivity contribution is 5.97. The van der Waals surface area contributed by atoms with Crippen molar-refractivity contribution in [3.05, 3.63) is 60.1 Å². The summed E-state index contributed by atoms with van der Waals surface area (Å²) >= 11 is 0. The van der Waals surface area contributed by atoms with Crippen molar-refractivity contribution in [3.63, 3.8) is 0 Å². The summed E-state index contributed by atoms with van der Waals surface area (Å²) < 4.78 is 0. The Labute approximate surface area is 134 Å². The standard InChI is InChI=1S/C17H18N4O2/c1-13-7-9-19-15(10-13)20-16(22)12-21(2)17(23)6-5-14-4-3-8-18-11-14/h3-11H,12H2,1-2H3,(H,19,20,22)/b6-5+. The van der Waals surface area contributed by atoms with Crippen molar-refractivity contribution < 1.29 is 9.59 Å². The molecule has 0 aromatic carbocycles. The van der Waals surface area contributed by atoms with E-state index in [1.807, 2.05) is 19.1 Å². The number of aryl methyl sites for hydroxylation is 1. The summed E-state index contributed by atoms with van der Waals surface area (Å²) in [6, 6.07) is 7.24. The fourth-order valence-corrected chi connectivity index (χ4v) is 1.85. The summed E-state index contributed by atoms with van der Waals surface area (Å²) in [5, 5.41) is 2.66. The maximum absolute atomic E-state index is 12.0. The predicted molar refractivity (Wildman–Crippen MR) is 88.5 cm³/mol. The summed E-state index contributed by atoms with van der Waals surface area (Å²) in [4.78, 5) is 33.3. The van der Waals surface area contributed by atoms with E-state index in [2.05, 4.69) is 15.3 Å². The molecule has 0 bridgehead atoms. The molecule has 0 saturated heterocycles. The Kier molecular flexibility index (Phi) is 5.57. The first-order chi connectivity index (χ1) is 11.0. The van der Waals surface area contributed by atoms with Crippen LogP contribution < -0.4 is 5.32 Å². The number of carbonyl (C=O) groups excluding carboxylic acids is 2. The van der Waals surface area contributed by atoms with Gasteiger partial charge in [0.15, 0.2) is 0 Å². The molecule has 0 saturated carbocycles. The van der Waals surface area contributed by atoms with Crippen LogP contribution in [0, 0.1) is 6.92 Å². The van der Waals surface area contributed by atoms with Gasteiger partial charge in [-0.25, -0.2) is 4.98 Å². The van der Waals surface area contributed by atoms with Crippen LogP contribution in [0.25, 0.3) is 6.08 Å². The molecule has 0 unspecified atom stereocenters. The van der Waals surface area contributed by atoms with Crippen molar-refractivity contribution in [1.29, 1.82) is 0 Å². The zero-order valence-corrected chi connectivity index (χ0v) is 13.1. The lowest BCUT2D eigenvalue weighted by Gasteiger charge is -2.14. The quantitative estimate of drug-likeness (QED) is 0.856. The lowest BCUT2D eigenvalue weighted by Crippen LogP contribution is -2.34. The number of carbonyl (C=O) groups is 2. The average Bonchev–Trinajstić information content (AvgIpc) is 2.53. The number of anilines is 1. The molecular weight excluding hydrogens is 292 g/mol. The van der Waals surface area contributed by atoms with E-state index >= 15 is 0 Å². The summed E-state index contributed by atoms with van der Waals surface area (Å²) in [6.07, 6.45) is 8.01. The van der Waals surface area contributed by atoms with Crippen molar-refractivity contribution in [2.24, 2.45) is 0 Å². The molecule has 23 heavy (non-hydrogen) atoms. The van der Waals surface area contributed by atoms with E-state index in [1.54, 1.807) is 43.8 Å². The van der Waals surface area contributed by atoms with Gasteiger partial charge in [0.25, 0.3) is 0 Å². The van der Waals surface area contributed by atoms with Crippen LogP contribution >= 0.6 is 0 Å². The minimum Gasteiger partial charge on any atom is -0.333 e. The number of rotatable bonds is 5. The number of hydrogen-bond donors (Lipinski definition) is 1. The van der Waals surface area contributed by atoms with E-state index in [9.17, 15) is 9.59 Å². The van der Waals surface area contributed by atoms with Gasteiger partial charge in [0.2, 0.25) is 11.8 Å². The summed E-state index contributed by atoms with van der Waals surface area (Å²) in [7, 11) is 1.57. The Hall–Kier alpha value is -3.02. The third-order valence-electron chi connectivity index (χ3n) is 3.04. The van der Waals surface area contributed by atoms with Crippen LogP contribution in [0.1, 0.15) is 11.1 Å². The monoisotopic (exact) mass is 310 g/mol. The molecule has 0 fully saturated rings. The van der Waals surface area contributed by atoms with Gasteiger partial charge in [-0.15, -0.1) is 0 Å². The fraction of sp³-hybridized carbons (Fsp3) is 0.176. The molecule has 6 nitrogen and oxygen atoms in total. The average molecular weight is 310 g/mol. The van der Waals surface area contributed by atoms with E-state index in [-0.39, 0.29) is 18.4 Å². The highest BCUT2D eigenvalue weighted by Crippen LogP contribution is 2.05. The van der Waals surface area contributed by atoms with Gasteiger partial charge in [-0.05, 0) is 42.3 Å². The number of nitrogens with zero attached hydrogens (tertiary/aromatic N) is 3. The van der Waals surface area contributed by atoms with Crippen LogP contribution in [-0.4, -0.2) is 40.3 Å². The van der Waals surface area contributed by atoms with E-state index < -0.39 is 0 Å². The largest absolute Gasteiger partial charge is 0.333 e. The number of likely N-dealkylation sites (N-methyl/N-ethyl adjacent to an activating group) is 1. The van der Waals surface area contributed by atoms with Crippen molar-refractivity contribution in [3.8, 4) is 0 Å². The smallest absolute Gasteiger partial charge is 0.246 e. The summed E-state index contributed by atoms with van der Waals surface area (Å²) in [5.41, 5.74) is 1.82. The molecule has 0 spiro atoms. The minimum absolute atomic E-state index is 0.0498. The molecule has 0 aliphatic heterocycles. The highest BCUT2D eigenvalue weighted by atomic mass is 16.2. The predicted octanol–water partition coefficient (Wildman–Crippen LogP) is 1.90. The summed E-state index contributed by atoms with van der Waals surface area (Å²) in [6.45, 7) is 1.86. The molecule has 2 heterocycles. The van der Waals surface area contributed by atoms with Crippen molar-refractivity contribution in [2.75, 3.05) is 18.9 Å². The first-order valence-corrected chi connectivity index (χ1v) is 7.10. The molecule has 0 atom stereocenters. The van der Waals surface area contributed by atoms with Gasteiger partial charge >= 0.3 is 0 Å². The van der Waals surface area contributed by atoms with Gasteiger partial charge in [0.1, 0.15) is 5.82 Å². The molecule has 118 valence electrons. The number of nitrogens with one attached hydrogen (secondary N) is 1. The Bertz CT molecular complexity index is 714. The maximum atomic E-state index is 12.0. The Morgan fingerprint density at radius 3 is 2.83 bits per heavy atom. The van der Waals surface area contributed by atoms with E-state index in [0.29, 0.717) is 5.82 Å². The van der Waals surface area contributed by atoms with Crippen LogP contribution in [0.3, 0.4) is 0 Å². The summed E-state index contributed by atoms with van der Waals surface area (Å²) in [5.74, 6) is -0.0864. The molecular formula is C17H18N4O2. The lowest BCUT2D eigenvalue weighted by molar-refractivity contribution is -0.129. The second-order valence-electron chi connectivity index (χ2n) is 5.08. The minimum atomic E-state index is -0.297. The SMILES string of the molecule is Cc1ccnc(NC(=O)CN(C)C(=O)/C=C/c2cccnc2)c1. The van der Waals surface area contributed by atoms with Crippen LogP contribution in [0.15, 0.2) is 48.9 Å². The van der Waals surface area contributed by atoms with E-state index in [0.717, 1.165) is 11.1 Å². The van der Waals surface area contributed by atoms with Crippen LogP contribution in [0.5, 0.6) is 0 Å². The van der Waals surface area contributed by atoms with Crippen LogP contribution in [0.4, 0.5) is 5.82 Å². The molecule has 0 aliphatic carbocycles. The molecule has 1 N–H and O–H groups in total. The molecule has 0 radical (unpaired) electrons. The van der Waals surface area contributed by atoms with Gasteiger partial charge in [-0.2, -0.15) is 0 Å². The number of amides is 2. The second kappa shape index (κ2) is 7.84. The second-order valence-corrected chi connectivity index (χ2v) is 5.08. The number of hydrogen-bond acceptors (Lipinski definition) is 4. The molecule has 2 amide bonds. The van der Waals surface area contributed by atoms with E-state index in [1.165, 1.54) is 11.0 Å². The van der Waals surface area contributed by atoms with Gasteiger partial charge < -0.3 is 10.2 Å². The van der Waals surface area contributed by atoms with Gasteiger partial charge in [-0.1, -0.05) is 6.07 Å². The Morgan fingerprint density at radius 2 is 2.13 bits per heavy atom. The maximum Gasteiger partial charge on any atom is 0.246 e.